The van der Waals surface area contributed by atoms with Gasteiger partial charge in [-0.2, -0.15) is 8.78 Å². The molecule has 0 aliphatic carbocycles. The Bertz CT molecular complexity index is 922. The van der Waals surface area contributed by atoms with Crippen LogP contribution in [0.2, 0.25) is 0 Å². The fraction of sp³-hybridized carbons (Fsp3) is 0.286. The first kappa shape index (κ1) is 21.2. The van der Waals surface area contributed by atoms with Crippen LogP contribution in [-0.2, 0) is 16.0 Å². The third-order valence-electron chi connectivity index (χ3n) is 4.77. The van der Waals surface area contributed by atoms with E-state index in [0.717, 1.165) is 10.5 Å². The Morgan fingerprint density at radius 1 is 1.13 bits per heavy atom. The van der Waals surface area contributed by atoms with Crippen molar-refractivity contribution in [2.45, 2.75) is 31.9 Å². The summed E-state index contributed by atoms with van der Waals surface area (Å²) in [5, 5.41) is 5.18. The van der Waals surface area contributed by atoms with Crippen molar-refractivity contribution in [1.29, 1.82) is 0 Å². The second kappa shape index (κ2) is 8.89. The fourth-order valence-corrected chi connectivity index (χ4v) is 3.16. The van der Waals surface area contributed by atoms with Crippen LogP contribution in [0.25, 0.3) is 0 Å². The molecule has 2 N–H and O–H groups in total. The van der Waals surface area contributed by atoms with Crippen LogP contribution < -0.4 is 15.4 Å². The van der Waals surface area contributed by atoms with Gasteiger partial charge in [-0.25, -0.2) is 4.79 Å². The number of amides is 4. The number of aryl methyl sites for hydroxylation is 1. The van der Waals surface area contributed by atoms with E-state index in [1.54, 1.807) is 6.92 Å². The molecule has 0 spiro atoms. The lowest BCUT2D eigenvalue weighted by atomic mass is 9.93. The number of nitrogens with one attached hydrogen (secondary N) is 2. The Balaban J connectivity index is 1.57. The minimum Gasteiger partial charge on any atom is -0.435 e. The molecule has 7 nitrogen and oxygen atoms in total. The molecular formula is C21H21F2N3O4. The lowest BCUT2D eigenvalue weighted by Crippen LogP contribution is -2.45. The van der Waals surface area contributed by atoms with Gasteiger partial charge in [0.15, 0.2) is 0 Å². The molecular weight excluding hydrogens is 396 g/mol. The summed E-state index contributed by atoms with van der Waals surface area (Å²) in [4.78, 5) is 38.2. The van der Waals surface area contributed by atoms with Crippen molar-refractivity contribution in [2.24, 2.45) is 0 Å². The quantitative estimate of drug-likeness (QED) is 0.646. The van der Waals surface area contributed by atoms with Gasteiger partial charge < -0.3 is 15.4 Å². The lowest BCUT2D eigenvalue weighted by Gasteiger charge is -2.21. The first-order valence-corrected chi connectivity index (χ1v) is 9.29. The minimum atomic E-state index is -2.94. The number of benzene rings is 2. The lowest BCUT2D eigenvalue weighted by molar-refractivity contribution is -0.133. The number of imide groups is 1. The number of hydrogen-bond donors (Lipinski definition) is 2. The van der Waals surface area contributed by atoms with Crippen LogP contribution >= 0.6 is 0 Å². The van der Waals surface area contributed by atoms with Gasteiger partial charge in [0, 0.05) is 5.69 Å². The molecule has 1 saturated heterocycles. The Hall–Kier alpha value is -3.49. The van der Waals surface area contributed by atoms with Crippen molar-refractivity contribution in [3.63, 3.8) is 0 Å². The molecule has 1 fully saturated rings. The summed E-state index contributed by atoms with van der Waals surface area (Å²) < 4.78 is 28.6. The van der Waals surface area contributed by atoms with Crippen LogP contribution in [0.15, 0.2) is 54.6 Å². The van der Waals surface area contributed by atoms with Crippen molar-refractivity contribution < 1.29 is 27.9 Å². The molecule has 0 bridgehead atoms. The Kier molecular flexibility index (Phi) is 6.29. The maximum Gasteiger partial charge on any atom is 0.387 e. The molecule has 0 saturated carbocycles. The molecule has 9 heteroatoms. The molecule has 0 radical (unpaired) electrons. The summed E-state index contributed by atoms with van der Waals surface area (Å²) >= 11 is 0. The van der Waals surface area contributed by atoms with Gasteiger partial charge in [0.05, 0.1) is 0 Å². The number of alkyl halides is 2. The van der Waals surface area contributed by atoms with Crippen LogP contribution in [0.1, 0.15) is 18.9 Å². The third-order valence-corrected chi connectivity index (χ3v) is 4.77. The monoisotopic (exact) mass is 417 g/mol. The van der Waals surface area contributed by atoms with Crippen molar-refractivity contribution in [3.05, 3.63) is 60.2 Å². The van der Waals surface area contributed by atoms with Gasteiger partial charge >= 0.3 is 12.6 Å². The van der Waals surface area contributed by atoms with Crippen LogP contribution in [0.5, 0.6) is 5.75 Å². The first-order valence-electron chi connectivity index (χ1n) is 9.29. The van der Waals surface area contributed by atoms with E-state index >= 15 is 0 Å². The highest BCUT2D eigenvalue weighted by Gasteiger charge is 2.47. The Morgan fingerprint density at radius 3 is 2.43 bits per heavy atom. The van der Waals surface area contributed by atoms with Crippen molar-refractivity contribution >= 4 is 23.5 Å². The van der Waals surface area contributed by atoms with E-state index in [4.69, 9.17) is 0 Å². The number of anilines is 1. The predicted molar refractivity (Wildman–Crippen MR) is 105 cm³/mol. The Morgan fingerprint density at radius 2 is 1.80 bits per heavy atom. The minimum absolute atomic E-state index is 0.0497. The fourth-order valence-electron chi connectivity index (χ4n) is 3.16. The molecule has 2 aromatic carbocycles. The Labute approximate surface area is 172 Å². The number of hydrogen-bond acceptors (Lipinski definition) is 4. The number of carbonyl (C=O) groups excluding carboxylic acids is 3. The van der Waals surface area contributed by atoms with Crippen LogP contribution in [0.4, 0.5) is 19.3 Å². The summed E-state index contributed by atoms with van der Waals surface area (Å²) in [5.41, 5.74) is 0.262. The summed E-state index contributed by atoms with van der Waals surface area (Å²) in [5.74, 6) is -1.11. The van der Waals surface area contributed by atoms with E-state index in [-0.39, 0.29) is 5.75 Å². The molecule has 1 aliphatic heterocycles. The molecule has 30 heavy (non-hydrogen) atoms. The second-order valence-electron chi connectivity index (χ2n) is 7.09. The zero-order valence-electron chi connectivity index (χ0n) is 16.2. The maximum atomic E-state index is 12.8. The number of carbonyl (C=O) groups is 3. The molecule has 1 unspecified atom stereocenters. The highest BCUT2D eigenvalue weighted by molar-refractivity contribution is 6.09. The van der Waals surface area contributed by atoms with E-state index in [1.807, 2.05) is 30.3 Å². The molecule has 158 valence electrons. The molecule has 2 aromatic rings. The summed E-state index contributed by atoms with van der Waals surface area (Å²) in [6.07, 6.45) is 0.988. The van der Waals surface area contributed by atoms with Gasteiger partial charge in [-0.05, 0) is 49.6 Å². The molecule has 1 aliphatic rings. The largest absolute Gasteiger partial charge is 0.435 e. The van der Waals surface area contributed by atoms with Gasteiger partial charge in [-0.3, -0.25) is 14.5 Å². The van der Waals surface area contributed by atoms with E-state index in [2.05, 4.69) is 15.4 Å². The standard InChI is InChI=1S/C21H21F2N3O4/c1-21(12-11-14-5-3-2-4-6-14)18(28)26(20(29)25-21)13-17(27)24-15-7-9-16(10-8-15)30-19(22)23/h2-10,19H,11-13H2,1H3,(H,24,27)(H,25,29). The number of urea groups is 1. The maximum absolute atomic E-state index is 12.8. The molecule has 4 amide bonds. The van der Waals surface area contributed by atoms with Crippen LogP contribution in [0.3, 0.4) is 0 Å². The number of rotatable bonds is 8. The third kappa shape index (κ3) is 5.11. The number of halogens is 2. The van der Waals surface area contributed by atoms with Gasteiger partial charge in [-0.1, -0.05) is 30.3 Å². The van der Waals surface area contributed by atoms with Gasteiger partial charge in [0.25, 0.3) is 5.91 Å². The van der Waals surface area contributed by atoms with E-state index < -0.39 is 36.5 Å². The highest BCUT2D eigenvalue weighted by atomic mass is 19.3. The SMILES string of the molecule is CC1(CCc2ccccc2)NC(=O)N(CC(=O)Nc2ccc(OC(F)F)cc2)C1=O. The van der Waals surface area contributed by atoms with E-state index in [1.165, 1.54) is 24.3 Å². The summed E-state index contributed by atoms with van der Waals surface area (Å²) in [6, 6.07) is 14.2. The molecule has 0 aromatic heterocycles. The smallest absolute Gasteiger partial charge is 0.387 e. The normalized spacial score (nSPS) is 18.5. The molecule has 1 heterocycles. The van der Waals surface area contributed by atoms with Gasteiger partial charge in [-0.15, -0.1) is 0 Å². The second-order valence-corrected chi connectivity index (χ2v) is 7.09. The molecule has 1 atom stereocenters. The highest BCUT2D eigenvalue weighted by Crippen LogP contribution is 2.23. The van der Waals surface area contributed by atoms with Crippen LogP contribution in [-0.4, -0.2) is 41.4 Å². The van der Waals surface area contributed by atoms with Crippen molar-refractivity contribution in [2.75, 3.05) is 11.9 Å². The van der Waals surface area contributed by atoms with Crippen molar-refractivity contribution in [3.8, 4) is 5.75 Å². The van der Waals surface area contributed by atoms with Gasteiger partial charge in [0.1, 0.15) is 17.8 Å². The van der Waals surface area contributed by atoms with E-state index in [0.29, 0.717) is 18.5 Å². The topological polar surface area (TPSA) is 87.7 Å². The van der Waals surface area contributed by atoms with Crippen molar-refractivity contribution in [1.82, 2.24) is 10.2 Å². The van der Waals surface area contributed by atoms with E-state index in [9.17, 15) is 23.2 Å². The van der Waals surface area contributed by atoms with Gasteiger partial charge in [0.2, 0.25) is 5.91 Å². The zero-order valence-corrected chi connectivity index (χ0v) is 16.2. The average molecular weight is 417 g/mol. The zero-order chi connectivity index (χ0) is 21.7. The summed E-state index contributed by atoms with van der Waals surface area (Å²) in [7, 11) is 0. The van der Waals surface area contributed by atoms with Crippen LogP contribution in [0, 0.1) is 0 Å². The number of nitrogens with zero attached hydrogens (tertiary/aromatic N) is 1. The number of ether oxygens (including phenoxy) is 1. The average Bonchev–Trinajstić information content (AvgIpc) is 2.92. The predicted octanol–water partition coefficient (Wildman–Crippen LogP) is 3.17. The first-order chi connectivity index (χ1) is 14.3. The summed E-state index contributed by atoms with van der Waals surface area (Å²) in [6.45, 7) is -1.77. The molecule has 3 rings (SSSR count).